The molecule has 3 nitrogen and oxygen atoms in total. The third-order valence-electron chi connectivity index (χ3n) is 9.07. The molecule has 0 aromatic rings. The van der Waals surface area contributed by atoms with Crippen LogP contribution >= 0.6 is 0 Å². The Morgan fingerprint density at radius 2 is 1.75 bits per heavy atom. The van der Waals surface area contributed by atoms with Gasteiger partial charge < -0.3 is 10.4 Å². The van der Waals surface area contributed by atoms with Gasteiger partial charge >= 0.3 is 0 Å². The summed E-state index contributed by atoms with van der Waals surface area (Å²) in [6.45, 7) is 5.57. The van der Waals surface area contributed by atoms with Crippen LogP contribution in [0.2, 0.25) is 0 Å². The lowest BCUT2D eigenvalue weighted by molar-refractivity contribution is -0.123. The topological polar surface area (TPSA) is 56.0 Å². The number of hydrogen-bond acceptors (Lipinski definition) is 3. The predicted octanol–water partition coefficient (Wildman–Crippen LogP) is 3.87. The summed E-state index contributed by atoms with van der Waals surface area (Å²) >= 11 is 0. The van der Waals surface area contributed by atoms with E-state index in [-0.39, 0.29) is 6.10 Å². The Labute approximate surface area is 147 Å². The highest BCUT2D eigenvalue weighted by Crippen LogP contribution is 2.66. The fourth-order valence-electron chi connectivity index (χ4n) is 7.74. The van der Waals surface area contributed by atoms with Crippen LogP contribution in [-0.4, -0.2) is 23.8 Å². The van der Waals surface area contributed by atoms with Crippen LogP contribution in [0.1, 0.15) is 71.6 Å². The van der Waals surface area contributed by atoms with Crippen LogP contribution in [0.4, 0.5) is 0 Å². The van der Waals surface area contributed by atoms with Crippen LogP contribution in [0.5, 0.6) is 0 Å². The minimum atomic E-state index is -0.0421. The molecule has 0 spiro atoms. The molecule has 4 saturated carbocycles. The van der Waals surface area contributed by atoms with Crippen LogP contribution in [0.25, 0.3) is 0 Å². The second-order valence-corrected chi connectivity index (χ2v) is 9.80. The van der Waals surface area contributed by atoms with Gasteiger partial charge in [-0.15, -0.1) is 0 Å². The Balaban J connectivity index is 1.55. The molecule has 0 aliphatic heterocycles. The van der Waals surface area contributed by atoms with E-state index < -0.39 is 0 Å². The maximum absolute atomic E-state index is 10.1. The van der Waals surface area contributed by atoms with E-state index in [1.54, 1.807) is 0 Å². The number of rotatable bonds is 2. The Morgan fingerprint density at radius 3 is 2.54 bits per heavy atom. The molecule has 4 fully saturated rings. The molecule has 4 aliphatic rings. The Hall–Kier alpha value is -0.590. The fraction of sp³-hybridized carbons (Fsp3) is 0.952. The number of aliphatic hydroxyl groups excluding tert-OH is 1. The van der Waals surface area contributed by atoms with Gasteiger partial charge in [0.25, 0.3) is 0 Å². The predicted molar refractivity (Wildman–Crippen MR) is 95.1 cm³/mol. The highest BCUT2D eigenvalue weighted by atomic mass is 16.3. The van der Waals surface area contributed by atoms with Crippen molar-refractivity contribution in [3.05, 3.63) is 0 Å². The molecule has 0 aromatic carbocycles. The van der Waals surface area contributed by atoms with Crippen molar-refractivity contribution in [1.82, 2.24) is 5.32 Å². The minimum absolute atomic E-state index is 0.0421. The van der Waals surface area contributed by atoms with Crippen molar-refractivity contribution in [3.8, 4) is 6.07 Å². The summed E-state index contributed by atoms with van der Waals surface area (Å²) in [6.07, 6.45) is 11.3. The van der Waals surface area contributed by atoms with Gasteiger partial charge in [0.05, 0.1) is 18.7 Å². The van der Waals surface area contributed by atoms with E-state index in [2.05, 4.69) is 25.2 Å². The average Bonchev–Trinajstić information content (AvgIpc) is 2.90. The first-order valence-corrected chi connectivity index (χ1v) is 10.3. The van der Waals surface area contributed by atoms with E-state index in [9.17, 15) is 5.11 Å². The van der Waals surface area contributed by atoms with E-state index >= 15 is 0 Å². The zero-order valence-corrected chi connectivity index (χ0v) is 15.4. The molecular weight excluding hydrogens is 296 g/mol. The van der Waals surface area contributed by atoms with Crippen LogP contribution in [0, 0.1) is 45.8 Å². The summed E-state index contributed by atoms with van der Waals surface area (Å²) in [7, 11) is 0. The van der Waals surface area contributed by atoms with E-state index in [4.69, 9.17) is 5.26 Å². The number of nitriles is 1. The number of hydrogen-bond donors (Lipinski definition) is 2. The van der Waals surface area contributed by atoms with Crippen molar-refractivity contribution in [2.45, 2.75) is 83.8 Å². The zero-order valence-electron chi connectivity index (χ0n) is 15.4. The maximum Gasteiger partial charge on any atom is 0.0843 e. The van der Waals surface area contributed by atoms with Crippen molar-refractivity contribution in [2.75, 3.05) is 6.54 Å². The lowest BCUT2D eigenvalue weighted by Crippen LogP contribution is -2.55. The minimum Gasteiger partial charge on any atom is -0.393 e. The van der Waals surface area contributed by atoms with E-state index in [0.717, 1.165) is 36.5 Å². The quantitative estimate of drug-likeness (QED) is 0.756. The molecular formula is C21H34N2O. The van der Waals surface area contributed by atoms with Gasteiger partial charge in [-0.3, -0.25) is 0 Å². The van der Waals surface area contributed by atoms with Gasteiger partial charge in [-0.1, -0.05) is 13.8 Å². The van der Waals surface area contributed by atoms with Gasteiger partial charge in [0, 0.05) is 6.04 Å². The SMILES string of the molecule is C[C@]12CC[C@@H](O)C[C@@H]1CC[C@@H]1[C@H]2CC[C@]2(C)[C@H](NCC#N)CC[C@@H]12. The first kappa shape index (κ1) is 16.9. The average molecular weight is 331 g/mol. The third-order valence-corrected chi connectivity index (χ3v) is 9.07. The zero-order chi connectivity index (χ0) is 16.9. The van der Waals surface area contributed by atoms with Gasteiger partial charge in [0.2, 0.25) is 0 Å². The monoisotopic (exact) mass is 330 g/mol. The van der Waals surface area contributed by atoms with Crippen molar-refractivity contribution in [1.29, 1.82) is 5.26 Å². The molecule has 24 heavy (non-hydrogen) atoms. The highest BCUT2D eigenvalue weighted by molar-refractivity contribution is 5.11. The molecule has 2 N–H and O–H groups in total. The van der Waals surface area contributed by atoms with E-state index in [1.807, 2.05) is 0 Å². The lowest BCUT2D eigenvalue weighted by Gasteiger charge is -2.61. The van der Waals surface area contributed by atoms with Crippen molar-refractivity contribution in [2.24, 2.45) is 34.5 Å². The lowest BCUT2D eigenvalue weighted by atomic mass is 9.45. The number of fused-ring (bicyclic) bond motifs is 5. The van der Waals surface area contributed by atoms with Crippen LogP contribution in [0.15, 0.2) is 0 Å². The Kier molecular flexibility index (Phi) is 4.21. The summed E-state index contributed by atoms with van der Waals surface area (Å²) in [5, 5.41) is 22.6. The Morgan fingerprint density at radius 1 is 1.00 bits per heavy atom. The largest absolute Gasteiger partial charge is 0.393 e. The molecule has 134 valence electrons. The summed E-state index contributed by atoms with van der Waals surface area (Å²) in [5.74, 6) is 3.35. The van der Waals surface area contributed by atoms with Crippen molar-refractivity contribution in [3.63, 3.8) is 0 Å². The summed E-state index contributed by atoms with van der Waals surface area (Å²) in [5.41, 5.74) is 0.872. The number of nitrogens with one attached hydrogen (secondary N) is 1. The van der Waals surface area contributed by atoms with E-state index in [0.29, 0.717) is 23.4 Å². The molecule has 3 heteroatoms. The molecule has 0 unspecified atom stereocenters. The van der Waals surface area contributed by atoms with Crippen LogP contribution in [-0.2, 0) is 0 Å². The molecule has 0 bridgehead atoms. The van der Waals surface area contributed by atoms with Gasteiger partial charge in [-0.25, -0.2) is 0 Å². The first-order chi connectivity index (χ1) is 11.5. The first-order valence-electron chi connectivity index (χ1n) is 10.3. The van der Waals surface area contributed by atoms with Crippen molar-refractivity contribution >= 4 is 0 Å². The number of nitrogens with zero attached hydrogens (tertiary/aromatic N) is 1. The molecule has 8 atom stereocenters. The molecule has 4 aliphatic carbocycles. The summed E-state index contributed by atoms with van der Waals surface area (Å²) in [6, 6.07) is 2.82. The fourth-order valence-corrected chi connectivity index (χ4v) is 7.74. The highest BCUT2D eigenvalue weighted by Gasteiger charge is 2.59. The molecule has 0 saturated heterocycles. The van der Waals surface area contributed by atoms with Gasteiger partial charge in [0.15, 0.2) is 0 Å². The number of aliphatic hydroxyl groups is 1. The molecule has 0 aromatic heterocycles. The van der Waals surface area contributed by atoms with E-state index in [1.165, 1.54) is 44.9 Å². The molecule has 0 heterocycles. The Bertz CT molecular complexity index is 528. The van der Waals surface area contributed by atoms with Crippen LogP contribution < -0.4 is 5.32 Å². The standard InChI is InChI=1S/C21H34N2O/c1-20-9-7-15(24)13-14(20)3-4-16-17-5-6-19(23-12-11-22)21(17,2)10-8-18(16)20/h14-19,23-24H,3-10,12-13H2,1-2H3/t14-,15+,16-,17-,18+,19+,20-,21-/m0/s1. The van der Waals surface area contributed by atoms with Gasteiger partial charge in [0.1, 0.15) is 0 Å². The van der Waals surface area contributed by atoms with Gasteiger partial charge in [-0.05, 0) is 92.3 Å². The molecule has 0 radical (unpaired) electrons. The van der Waals surface area contributed by atoms with Gasteiger partial charge in [-0.2, -0.15) is 5.26 Å². The second-order valence-electron chi connectivity index (χ2n) is 9.80. The smallest absolute Gasteiger partial charge is 0.0843 e. The van der Waals surface area contributed by atoms with Crippen LogP contribution in [0.3, 0.4) is 0 Å². The third kappa shape index (κ3) is 2.36. The molecule has 4 rings (SSSR count). The second kappa shape index (κ2) is 5.99. The maximum atomic E-state index is 10.1. The van der Waals surface area contributed by atoms with Crippen molar-refractivity contribution < 1.29 is 5.11 Å². The molecule has 0 amide bonds. The summed E-state index contributed by atoms with van der Waals surface area (Å²) in [4.78, 5) is 0. The normalized spacial score (nSPS) is 53.6. The summed E-state index contributed by atoms with van der Waals surface area (Å²) < 4.78 is 0.